The minimum absolute atomic E-state index is 0.0444. The first kappa shape index (κ1) is 11.8. The maximum Gasteiger partial charge on any atom is 0.153 e. The van der Waals surface area contributed by atoms with Gasteiger partial charge in [-0.2, -0.15) is 5.10 Å². The quantitative estimate of drug-likeness (QED) is 0.874. The fourth-order valence-corrected chi connectivity index (χ4v) is 1.77. The van der Waals surface area contributed by atoms with Crippen molar-refractivity contribution in [2.45, 2.75) is 33.3 Å². The number of hydrogen-bond acceptors (Lipinski definition) is 3. The maximum atomic E-state index is 9.09. The first-order valence-corrected chi connectivity index (χ1v) is 5.93. The normalized spacial score (nSPS) is 10.8. The third-order valence-electron chi connectivity index (χ3n) is 2.73. The highest BCUT2D eigenvalue weighted by Gasteiger charge is 2.08. The van der Waals surface area contributed by atoms with Crippen molar-refractivity contribution in [3.8, 4) is 5.82 Å². The van der Waals surface area contributed by atoms with Crippen LogP contribution in [-0.2, 0) is 19.4 Å². The Labute approximate surface area is 101 Å². The van der Waals surface area contributed by atoms with Crippen molar-refractivity contribution in [3.05, 3.63) is 41.3 Å². The van der Waals surface area contributed by atoms with Gasteiger partial charge in [0.05, 0.1) is 18.0 Å². The summed E-state index contributed by atoms with van der Waals surface area (Å²) < 4.78 is 1.86. The standard InChI is InChI=1S/C13H17N3O/c1-3-10-8-12(4-2)16(15-10)13-7-5-6-11(9-17)14-13/h5-8,17H,3-4,9H2,1-2H3. The van der Waals surface area contributed by atoms with Crippen LogP contribution in [0.25, 0.3) is 5.82 Å². The van der Waals surface area contributed by atoms with E-state index in [9.17, 15) is 0 Å². The molecule has 2 aromatic heterocycles. The third-order valence-corrected chi connectivity index (χ3v) is 2.73. The van der Waals surface area contributed by atoms with Gasteiger partial charge in [0.25, 0.3) is 0 Å². The van der Waals surface area contributed by atoms with Gasteiger partial charge < -0.3 is 5.11 Å². The predicted molar refractivity (Wildman–Crippen MR) is 66.0 cm³/mol. The number of rotatable bonds is 4. The number of aromatic nitrogens is 3. The van der Waals surface area contributed by atoms with Crippen LogP contribution in [0.5, 0.6) is 0 Å². The van der Waals surface area contributed by atoms with Crippen molar-refractivity contribution >= 4 is 0 Å². The zero-order chi connectivity index (χ0) is 12.3. The van der Waals surface area contributed by atoms with Crippen LogP contribution in [0.2, 0.25) is 0 Å². The van der Waals surface area contributed by atoms with Crippen LogP contribution in [0.4, 0.5) is 0 Å². The Morgan fingerprint density at radius 3 is 2.65 bits per heavy atom. The van der Waals surface area contributed by atoms with Crippen LogP contribution >= 0.6 is 0 Å². The van der Waals surface area contributed by atoms with Crippen LogP contribution < -0.4 is 0 Å². The molecule has 0 unspecified atom stereocenters. The summed E-state index contributed by atoms with van der Waals surface area (Å²) in [7, 11) is 0. The second-order valence-electron chi connectivity index (χ2n) is 3.89. The van der Waals surface area contributed by atoms with Crippen molar-refractivity contribution < 1.29 is 5.11 Å². The van der Waals surface area contributed by atoms with Crippen LogP contribution in [0.1, 0.15) is 30.9 Å². The third kappa shape index (κ3) is 2.36. The minimum Gasteiger partial charge on any atom is -0.390 e. The van der Waals surface area contributed by atoms with Crippen molar-refractivity contribution in [3.63, 3.8) is 0 Å². The molecular formula is C13H17N3O. The molecule has 0 bridgehead atoms. The monoisotopic (exact) mass is 231 g/mol. The van der Waals surface area contributed by atoms with Gasteiger partial charge in [-0.15, -0.1) is 0 Å². The first-order valence-electron chi connectivity index (χ1n) is 5.93. The van der Waals surface area contributed by atoms with E-state index >= 15 is 0 Å². The number of hydrogen-bond donors (Lipinski definition) is 1. The molecule has 17 heavy (non-hydrogen) atoms. The van der Waals surface area contributed by atoms with E-state index in [4.69, 9.17) is 5.11 Å². The molecule has 0 aromatic carbocycles. The molecule has 4 nitrogen and oxygen atoms in total. The lowest BCUT2D eigenvalue weighted by molar-refractivity contribution is 0.276. The van der Waals surface area contributed by atoms with Crippen molar-refractivity contribution in [1.29, 1.82) is 0 Å². The fraction of sp³-hybridized carbons (Fsp3) is 0.385. The summed E-state index contributed by atoms with van der Waals surface area (Å²) in [6, 6.07) is 7.71. The summed E-state index contributed by atoms with van der Waals surface area (Å²) >= 11 is 0. The van der Waals surface area contributed by atoms with E-state index in [0.29, 0.717) is 5.69 Å². The fourth-order valence-electron chi connectivity index (χ4n) is 1.77. The summed E-state index contributed by atoms with van der Waals surface area (Å²) in [5, 5.41) is 13.6. The van der Waals surface area contributed by atoms with Crippen LogP contribution in [0.15, 0.2) is 24.3 Å². The number of pyridine rings is 1. The van der Waals surface area contributed by atoms with Crippen molar-refractivity contribution in [1.82, 2.24) is 14.8 Å². The van der Waals surface area contributed by atoms with Gasteiger partial charge in [0.1, 0.15) is 0 Å². The topological polar surface area (TPSA) is 50.9 Å². The van der Waals surface area contributed by atoms with Crippen molar-refractivity contribution in [2.75, 3.05) is 0 Å². The highest BCUT2D eigenvalue weighted by atomic mass is 16.3. The first-order chi connectivity index (χ1) is 8.28. The minimum atomic E-state index is -0.0444. The molecule has 90 valence electrons. The Morgan fingerprint density at radius 2 is 2.00 bits per heavy atom. The highest BCUT2D eigenvalue weighted by molar-refractivity contribution is 5.28. The number of aliphatic hydroxyl groups excluding tert-OH is 1. The molecule has 4 heteroatoms. The molecule has 0 saturated carbocycles. The Morgan fingerprint density at radius 1 is 1.18 bits per heavy atom. The Balaban J connectivity index is 2.47. The molecule has 0 fully saturated rings. The highest BCUT2D eigenvalue weighted by Crippen LogP contribution is 2.12. The average Bonchev–Trinajstić information content (AvgIpc) is 2.82. The lowest BCUT2D eigenvalue weighted by Crippen LogP contribution is -2.05. The van der Waals surface area contributed by atoms with Gasteiger partial charge in [-0.25, -0.2) is 9.67 Å². The largest absolute Gasteiger partial charge is 0.390 e. The van der Waals surface area contributed by atoms with Crippen molar-refractivity contribution in [2.24, 2.45) is 0 Å². The zero-order valence-corrected chi connectivity index (χ0v) is 10.2. The molecule has 0 atom stereocenters. The maximum absolute atomic E-state index is 9.09. The van der Waals surface area contributed by atoms with Gasteiger partial charge in [0.15, 0.2) is 5.82 Å². The van der Waals surface area contributed by atoms with Crippen LogP contribution in [-0.4, -0.2) is 19.9 Å². The van der Waals surface area contributed by atoms with E-state index in [0.717, 1.165) is 30.0 Å². The molecule has 0 amide bonds. The molecular weight excluding hydrogens is 214 g/mol. The van der Waals surface area contributed by atoms with Gasteiger partial charge >= 0.3 is 0 Å². The van der Waals surface area contributed by atoms with E-state index < -0.39 is 0 Å². The summed E-state index contributed by atoms with van der Waals surface area (Å²) in [6.45, 7) is 4.14. The lowest BCUT2D eigenvalue weighted by Gasteiger charge is -2.05. The van der Waals surface area contributed by atoms with E-state index in [1.807, 2.05) is 16.8 Å². The van der Waals surface area contributed by atoms with Crippen LogP contribution in [0, 0.1) is 0 Å². The Kier molecular flexibility index (Phi) is 3.54. The van der Waals surface area contributed by atoms with E-state index in [2.05, 4.69) is 30.0 Å². The zero-order valence-electron chi connectivity index (χ0n) is 10.2. The number of aliphatic hydroxyl groups is 1. The van der Waals surface area contributed by atoms with Gasteiger partial charge in [-0.1, -0.05) is 19.9 Å². The van der Waals surface area contributed by atoms with E-state index in [-0.39, 0.29) is 6.61 Å². The second kappa shape index (κ2) is 5.10. The summed E-state index contributed by atoms with van der Waals surface area (Å²) in [6.07, 6.45) is 1.83. The Hall–Kier alpha value is -1.68. The lowest BCUT2D eigenvalue weighted by atomic mass is 10.2. The molecule has 0 spiro atoms. The number of nitrogens with zero attached hydrogens (tertiary/aromatic N) is 3. The molecule has 0 aliphatic carbocycles. The molecule has 2 aromatic rings. The van der Waals surface area contributed by atoms with Gasteiger partial charge in [0, 0.05) is 5.69 Å². The van der Waals surface area contributed by atoms with Crippen LogP contribution in [0.3, 0.4) is 0 Å². The van der Waals surface area contributed by atoms with Gasteiger partial charge in [0.2, 0.25) is 0 Å². The molecule has 0 radical (unpaired) electrons. The van der Waals surface area contributed by atoms with E-state index in [1.54, 1.807) is 6.07 Å². The Bertz CT molecular complexity index is 505. The second-order valence-corrected chi connectivity index (χ2v) is 3.89. The molecule has 2 rings (SSSR count). The SMILES string of the molecule is CCc1cc(CC)n(-c2cccc(CO)n2)n1. The smallest absolute Gasteiger partial charge is 0.153 e. The molecule has 0 aliphatic rings. The summed E-state index contributed by atoms with van der Waals surface area (Å²) in [5.41, 5.74) is 2.88. The average molecular weight is 231 g/mol. The number of aryl methyl sites for hydroxylation is 2. The van der Waals surface area contributed by atoms with Gasteiger partial charge in [-0.05, 0) is 31.0 Å². The summed E-state index contributed by atoms with van der Waals surface area (Å²) in [5.74, 6) is 0.771. The molecule has 1 N–H and O–H groups in total. The predicted octanol–water partition coefficient (Wildman–Crippen LogP) is 1.88. The molecule has 0 aliphatic heterocycles. The van der Waals surface area contributed by atoms with E-state index in [1.165, 1.54) is 0 Å². The molecule has 2 heterocycles. The summed E-state index contributed by atoms with van der Waals surface area (Å²) in [4.78, 5) is 4.37. The molecule has 0 saturated heterocycles. The van der Waals surface area contributed by atoms with Gasteiger partial charge in [-0.3, -0.25) is 0 Å².